The molecule has 3 N–H and O–H groups in total. The van der Waals surface area contributed by atoms with Crippen LogP contribution in [0.5, 0.6) is 0 Å². The molecule has 1 aliphatic heterocycles. The number of hydrogen-bond donors (Lipinski definition) is 3. The molecule has 2 aromatic heterocycles. The van der Waals surface area contributed by atoms with Crippen LogP contribution in [0.1, 0.15) is 25.5 Å². The third kappa shape index (κ3) is 4.64. The number of fused-ring (bicyclic) bond motifs is 1. The molecule has 1 saturated heterocycles. The van der Waals surface area contributed by atoms with Crippen molar-refractivity contribution in [1.82, 2.24) is 14.5 Å². The molecule has 1 fully saturated rings. The van der Waals surface area contributed by atoms with Crippen molar-refractivity contribution in [2.24, 2.45) is 7.05 Å². The third-order valence-corrected chi connectivity index (χ3v) is 8.13. The highest BCUT2D eigenvalue weighted by Crippen LogP contribution is 2.35. The second kappa shape index (κ2) is 9.48. The lowest BCUT2D eigenvalue weighted by molar-refractivity contribution is 0.471. The quantitative estimate of drug-likeness (QED) is 0.339. The SMILES string of the molecule is CCS(=O)(=O)Nc1cc(-c2cc(NC3CNC3)c(=O)n(C)c2)cc2c1ccn2C(C)c1ccccc1. The fourth-order valence-corrected chi connectivity index (χ4v) is 5.21. The highest BCUT2D eigenvalue weighted by molar-refractivity contribution is 7.92. The number of aryl methyl sites for hydroxylation is 1. The fraction of sp³-hybridized carbons (Fsp3) is 0.296. The normalized spacial score (nSPS) is 15.0. The van der Waals surface area contributed by atoms with Crippen LogP contribution in [0.15, 0.2) is 71.8 Å². The fourth-order valence-electron chi connectivity index (χ4n) is 4.57. The lowest BCUT2D eigenvalue weighted by Crippen LogP contribution is -2.52. The first-order valence-electron chi connectivity index (χ1n) is 12.1. The molecule has 5 rings (SSSR count). The molecule has 3 heterocycles. The smallest absolute Gasteiger partial charge is 0.273 e. The van der Waals surface area contributed by atoms with E-state index in [-0.39, 0.29) is 23.4 Å². The van der Waals surface area contributed by atoms with E-state index in [1.165, 1.54) is 0 Å². The maximum Gasteiger partial charge on any atom is 0.273 e. The Hall–Kier alpha value is -3.56. The molecule has 0 saturated carbocycles. The lowest BCUT2D eigenvalue weighted by Gasteiger charge is -2.29. The molecule has 0 bridgehead atoms. The Balaban J connectivity index is 1.67. The molecular weight excluding hydrogens is 474 g/mol. The van der Waals surface area contributed by atoms with Gasteiger partial charge in [-0.15, -0.1) is 0 Å². The van der Waals surface area contributed by atoms with E-state index in [9.17, 15) is 13.2 Å². The highest BCUT2D eigenvalue weighted by atomic mass is 32.2. The van der Waals surface area contributed by atoms with Crippen LogP contribution < -0.4 is 20.9 Å². The van der Waals surface area contributed by atoms with Crippen LogP contribution in [0.3, 0.4) is 0 Å². The van der Waals surface area contributed by atoms with Crippen LogP contribution in [0, 0.1) is 0 Å². The van der Waals surface area contributed by atoms with Crippen LogP contribution in [-0.2, 0) is 17.1 Å². The van der Waals surface area contributed by atoms with Gasteiger partial charge in [-0.25, -0.2) is 8.42 Å². The highest BCUT2D eigenvalue weighted by Gasteiger charge is 2.20. The predicted octanol–water partition coefficient (Wildman–Crippen LogP) is 3.76. The zero-order chi connectivity index (χ0) is 25.4. The summed E-state index contributed by atoms with van der Waals surface area (Å²) in [7, 11) is -1.76. The maximum atomic E-state index is 12.8. The monoisotopic (exact) mass is 505 g/mol. The van der Waals surface area contributed by atoms with Gasteiger partial charge in [0.05, 0.1) is 29.0 Å². The molecule has 2 aromatic carbocycles. The molecular formula is C27H31N5O3S. The van der Waals surface area contributed by atoms with Crippen LogP contribution in [0.4, 0.5) is 11.4 Å². The summed E-state index contributed by atoms with van der Waals surface area (Å²) < 4.78 is 31.6. The number of nitrogens with zero attached hydrogens (tertiary/aromatic N) is 2. The van der Waals surface area contributed by atoms with Crippen molar-refractivity contribution in [3.8, 4) is 11.1 Å². The molecule has 0 radical (unpaired) electrons. The number of anilines is 2. The largest absolute Gasteiger partial charge is 0.375 e. The first-order valence-corrected chi connectivity index (χ1v) is 13.8. The molecule has 0 spiro atoms. The standard InChI is InChI=1S/C27H31N5O3S/c1-4-36(34,35)30-24-12-20(21-13-25(27(33)31(3)17-21)29-22-15-28-16-22)14-26-23(24)10-11-32(26)18(2)19-8-6-5-7-9-19/h5-14,17-18,22,28-30H,4,15-16H2,1-3H3. The summed E-state index contributed by atoms with van der Waals surface area (Å²) in [6.45, 7) is 5.37. The molecule has 0 aliphatic carbocycles. The average Bonchev–Trinajstić information content (AvgIpc) is 3.28. The van der Waals surface area contributed by atoms with Gasteiger partial charge in [0.25, 0.3) is 5.56 Å². The van der Waals surface area contributed by atoms with Crippen LogP contribution in [-0.4, -0.2) is 42.4 Å². The van der Waals surface area contributed by atoms with Crippen LogP contribution in [0.25, 0.3) is 22.0 Å². The minimum atomic E-state index is -3.49. The van der Waals surface area contributed by atoms with Crippen molar-refractivity contribution >= 4 is 32.3 Å². The summed E-state index contributed by atoms with van der Waals surface area (Å²) in [6.07, 6.45) is 3.78. The van der Waals surface area contributed by atoms with Gasteiger partial charge in [-0.1, -0.05) is 30.3 Å². The number of nitrogens with one attached hydrogen (secondary N) is 3. The van der Waals surface area contributed by atoms with E-state index >= 15 is 0 Å². The minimum Gasteiger partial charge on any atom is -0.375 e. The van der Waals surface area contributed by atoms with Gasteiger partial charge < -0.3 is 19.8 Å². The second-order valence-corrected chi connectivity index (χ2v) is 11.3. The summed E-state index contributed by atoms with van der Waals surface area (Å²) in [5.41, 5.74) is 4.66. The zero-order valence-electron chi connectivity index (χ0n) is 20.7. The molecule has 1 aliphatic rings. The van der Waals surface area contributed by atoms with Crippen molar-refractivity contribution in [3.05, 3.63) is 82.9 Å². The molecule has 1 unspecified atom stereocenters. The molecule has 4 aromatic rings. The Morgan fingerprint density at radius 3 is 2.44 bits per heavy atom. The first-order chi connectivity index (χ1) is 17.3. The van der Waals surface area contributed by atoms with Crippen LogP contribution >= 0.6 is 0 Å². The van der Waals surface area contributed by atoms with Gasteiger partial charge in [-0.3, -0.25) is 9.52 Å². The van der Waals surface area contributed by atoms with Crippen molar-refractivity contribution in [2.75, 3.05) is 28.9 Å². The number of sulfonamides is 1. The van der Waals surface area contributed by atoms with Crippen molar-refractivity contribution in [3.63, 3.8) is 0 Å². The van der Waals surface area contributed by atoms with Crippen molar-refractivity contribution in [2.45, 2.75) is 25.9 Å². The lowest BCUT2D eigenvalue weighted by atomic mass is 10.0. The molecule has 36 heavy (non-hydrogen) atoms. The van der Waals surface area contributed by atoms with Gasteiger partial charge in [-0.2, -0.15) is 0 Å². The summed E-state index contributed by atoms with van der Waals surface area (Å²) in [4.78, 5) is 12.8. The van der Waals surface area contributed by atoms with Crippen molar-refractivity contribution < 1.29 is 8.42 Å². The Morgan fingerprint density at radius 1 is 1.06 bits per heavy atom. The molecule has 9 heteroatoms. The van der Waals surface area contributed by atoms with Gasteiger partial charge in [0.15, 0.2) is 0 Å². The number of benzene rings is 2. The predicted molar refractivity (Wildman–Crippen MR) is 146 cm³/mol. The number of pyridine rings is 1. The first kappa shape index (κ1) is 24.1. The second-order valence-electron chi connectivity index (χ2n) is 9.33. The Kier molecular flexibility index (Phi) is 6.36. The van der Waals surface area contributed by atoms with E-state index in [0.717, 1.165) is 40.7 Å². The maximum absolute atomic E-state index is 12.8. The third-order valence-electron chi connectivity index (χ3n) is 6.84. The van der Waals surface area contributed by atoms with Crippen LogP contribution in [0.2, 0.25) is 0 Å². The summed E-state index contributed by atoms with van der Waals surface area (Å²) >= 11 is 0. The topological polar surface area (TPSA) is 97.2 Å². The van der Waals surface area contributed by atoms with E-state index < -0.39 is 10.0 Å². The Morgan fingerprint density at radius 2 is 1.78 bits per heavy atom. The minimum absolute atomic E-state index is 0.0246. The van der Waals surface area contributed by atoms with Gasteiger partial charge >= 0.3 is 0 Å². The van der Waals surface area contributed by atoms with E-state index in [4.69, 9.17) is 0 Å². The molecule has 1 atom stereocenters. The van der Waals surface area contributed by atoms with Gasteiger partial charge in [0.2, 0.25) is 10.0 Å². The summed E-state index contributed by atoms with van der Waals surface area (Å²) in [5.74, 6) is -0.0246. The Bertz CT molecular complexity index is 1570. The number of rotatable bonds is 8. The zero-order valence-corrected chi connectivity index (χ0v) is 21.5. The molecule has 0 amide bonds. The van der Waals surface area contributed by atoms with Gasteiger partial charge in [0.1, 0.15) is 5.69 Å². The van der Waals surface area contributed by atoms with E-state index in [0.29, 0.717) is 11.4 Å². The van der Waals surface area contributed by atoms with Crippen molar-refractivity contribution in [1.29, 1.82) is 0 Å². The number of aromatic nitrogens is 2. The van der Waals surface area contributed by atoms with E-state index in [2.05, 4.69) is 45.0 Å². The molecule has 188 valence electrons. The van der Waals surface area contributed by atoms with E-state index in [1.54, 1.807) is 24.7 Å². The summed E-state index contributed by atoms with van der Waals surface area (Å²) in [6, 6.07) is 18.2. The Labute approximate surface area is 211 Å². The van der Waals surface area contributed by atoms with Gasteiger partial charge in [-0.05, 0) is 49.2 Å². The summed E-state index contributed by atoms with van der Waals surface area (Å²) in [5, 5.41) is 7.36. The number of hydrogen-bond acceptors (Lipinski definition) is 5. The van der Waals surface area contributed by atoms with Gasteiger partial charge in [0, 0.05) is 43.5 Å². The molecule has 8 nitrogen and oxygen atoms in total. The average molecular weight is 506 g/mol. The van der Waals surface area contributed by atoms with E-state index in [1.807, 2.05) is 42.6 Å².